The molecule has 1 unspecified atom stereocenters. The highest BCUT2D eigenvalue weighted by Gasteiger charge is 2.31. The average Bonchev–Trinajstić information content (AvgIpc) is 3.14. The van der Waals surface area contributed by atoms with Crippen LogP contribution in [0.4, 0.5) is 5.69 Å². The van der Waals surface area contributed by atoms with Crippen LogP contribution in [0, 0.1) is 0 Å². The Labute approximate surface area is 153 Å². The number of benzene rings is 2. The number of ether oxygens (including phenoxy) is 1. The van der Waals surface area contributed by atoms with Gasteiger partial charge in [-0.1, -0.05) is 30.3 Å². The van der Waals surface area contributed by atoms with E-state index in [1.54, 1.807) is 30.3 Å². The fourth-order valence-corrected chi connectivity index (χ4v) is 4.18. The van der Waals surface area contributed by atoms with E-state index < -0.39 is 22.0 Å². The predicted octanol–water partition coefficient (Wildman–Crippen LogP) is 2.77. The van der Waals surface area contributed by atoms with Crippen LogP contribution < -0.4 is 10.5 Å². The van der Waals surface area contributed by atoms with Crippen molar-refractivity contribution in [3.05, 3.63) is 60.2 Å². The van der Waals surface area contributed by atoms with Crippen molar-refractivity contribution in [3.8, 4) is 0 Å². The molecule has 6 nitrogen and oxygen atoms in total. The molecule has 3 N–H and O–H groups in total. The van der Waals surface area contributed by atoms with E-state index in [0.29, 0.717) is 11.3 Å². The molecule has 138 valence electrons. The Morgan fingerprint density at radius 2 is 1.65 bits per heavy atom. The molecule has 2 aromatic rings. The second kappa shape index (κ2) is 7.88. The van der Waals surface area contributed by atoms with Crippen molar-refractivity contribution in [1.82, 2.24) is 4.72 Å². The quantitative estimate of drug-likeness (QED) is 0.598. The zero-order chi connectivity index (χ0) is 18.6. The second-order valence-corrected chi connectivity index (χ2v) is 8.09. The van der Waals surface area contributed by atoms with Crippen LogP contribution in [0.5, 0.6) is 0 Å². The molecule has 0 amide bonds. The van der Waals surface area contributed by atoms with Crippen LogP contribution in [0.3, 0.4) is 0 Å². The summed E-state index contributed by atoms with van der Waals surface area (Å²) in [4.78, 5) is 12.7. The molecule has 0 radical (unpaired) electrons. The van der Waals surface area contributed by atoms with E-state index in [0.717, 1.165) is 25.7 Å². The fraction of sp³-hybridized carbons (Fsp3) is 0.316. The molecule has 0 heterocycles. The first-order chi connectivity index (χ1) is 12.5. The highest BCUT2D eigenvalue weighted by Crippen LogP contribution is 2.25. The normalized spacial score (nSPS) is 16.3. The highest BCUT2D eigenvalue weighted by atomic mass is 32.2. The third-order valence-corrected chi connectivity index (χ3v) is 5.86. The molecule has 7 heteroatoms. The van der Waals surface area contributed by atoms with Crippen LogP contribution in [-0.2, 0) is 19.6 Å². The van der Waals surface area contributed by atoms with E-state index in [1.165, 1.54) is 24.3 Å². The number of esters is 1. The smallest absolute Gasteiger partial charge is 0.329 e. The number of nitrogens with one attached hydrogen (secondary N) is 1. The lowest BCUT2D eigenvalue weighted by molar-refractivity contribution is -0.151. The lowest BCUT2D eigenvalue weighted by atomic mass is 10.1. The van der Waals surface area contributed by atoms with Gasteiger partial charge in [-0.05, 0) is 55.5 Å². The molecule has 3 rings (SSSR count). The van der Waals surface area contributed by atoms with Gasteiger partial charge in [-0.15, -0.1) is 0 Å². The number of carbonyl (C=O) groups excluding carboxylic acids is 1. The SMILES string of the molecule is Nc1ccc(S(=O)(=O)NC(C(=O)OC2CCCC2)c2ccccc2)cc1. The highest BCUT2D eigenvalue weighted by molar-refractivity contribution is 7.89. The van der Waals surface area contributed by atoms with Gasteiger partial charge in [-0.25, -0.2) is 13.2 Å². The maximum absolute atomic E-state index is 12.7. The van der Waals surface area contributed by atoms with E-state index in [9.17, 15) is 13.2 Å². The summed E-state index contributed by atoms with van der Waals surface area (Å²) in [6.07, 6.45) is 3.53. The first-order valence-corrected chi connectivity index (χ1v) is 10.1. The Bertz CT molecular complexity index is 845. The Morgan fingerprint density at radius 3 is 2.27 bits per heavy atom. The number of carbonyl (C=O) groups is 1. The van der Waals surface area contributed by atoms with E-state index in [4.69, 9.17) is 10.5 Å². The molecule has 0 spiro atoms. The van der Waals surface area contributed by atoms with Crippen molar-refractivity contribution in [2.45, 2.75) is 42.7 Å². The molecule has 0 aromatic heterocycles. The fourth-order valence-electron chi connectivity index (χ4n) is 3.01. The van der Waals surface area contributed by atoms with E-state index in [1.807, 2.05) is 0 Å². The number of sulfonamides is 1. The van der Waals surface area contributed by atoms with Crippen molar-refractivity contribution in [2.75, 3.05) is 5.73 Å². The largest absolute Gasteiger partial charge is 0.461 e. The second-order valence-electron chi connectivity index (χ2n) is 6.38. The maximum atomic E-state index is 12.7. The van der Waals surface area contributed by atoms with Gasteiger partial charge in [-0.2, -0.15) is 4.72 Å². The minimum Gasteiger partial charge on any atom is -0.461 e. The van der Waals surface area contributed by atoms with Crippen molar-refractivity contribution in [1.29, 1.82) is 0 Å². The summed E-state index contributed by atoms with van der Waals surface area (Å²) in [5, 5.41) is 0. The number of anilines is 1. The van der Waals surface area contributed by atoms with Gasteiger partial charge >= 0.3 is 5.97 Å². The summed E-state index contributed by atoms with van der Waals surface area (Å²) in [5.74, 6) is -0.581. The minimum absolute atomic E-state index is 0.0429. The van der Waals surface area contributed by atoms with Crippen LogP contribution in [0.1, 0.15) is 37.3 Å². The number of hydrogen-bond donors (Lipinski definition) is 2. The van der Waals surface area contributed by atoms with E-state index >= 15 is 0 Å². The molecule has 0 bridgehead atoms. The topological polar surface area (TPSA) is 98.5 Å². The summed E-state index contributed by atoms with van der Waals surface area (Å²) >= 11 is 0. The molecule has 0 aliphatic heterocycles. The van der Waals surface area contributed by atoms with E-state index in [2.05, 4.69) is 4.72 Å². The van der Waals surface area contributed by atoms with Crippen molar-refractivity contribution in [2.24, 2.45) is 0 Å². The Balaban J connectivity index is 1.85. The number of hydrogen-bond acceptors (Lipinski definition) is 5. The zero-order valence-corrected chi connectivity index (χ0v) is 15.1. The van der Waals surface area contributed by atoms with Gasteiger partial charge in [-0.3, -0.25) is 0 Å². The molecule has 2 aromatic carbocycles. The van der Waals surface area contributed by atoms with Crippen molar-refractivity contribution < 1.29 is 17.9 Å². The Morgan fingerprint density at radius 1 is 1.04 bits per heavy atom. The van der Waals surface area contributed by atoms with Crippen LogP contribution in [-0.4, -0.2) is 20.5 Å². The van der Waals surface area contributed by atoms with Crippen LogP contribution >= 0.6 is 0 Å². The Hall–Kier alpha value is -2.38. The minimum atomic E-state index is -3.91. The molecule has 1 aliphatic carbocycles. The van der Waals surface area contributed by atoms with Gasteiger partial charge in [0.2, 0.25) is 10.0 Å². The number of rotatable bonds is 6. The first-order valence-electron chi connectivity index (χ1n) is 8.59. The van der Waals surface area contributed by atoms with Crippen molar-refractivity contribution >= 4 is 21.7 Å². The van der Waals surface area contributed by atoms with Crippen LogP contribution in [0.25, 0.3) is 0 Å². The van der Waals surface area contributed by atoms with Crippen molar-refractivity contribution in [3.63, 3.8) is 0 Å². The summed E-state index contributed by atoms with van der Waals surface area (Å²) in [5.41, 5.74) is 6.61. The number of nitrogen functional groups attached to an aromatic ring is 1. The molecule has 1 aliphatic rings. The van der Waals surface area contributed by atoms with Gasteiger partial charge in [0.05, 0.1) is 4.90 Å². The predicted molar refractivity (Wildman–Crippen MR) is 98.7 cm³/mol. The maximum Gasteiger partial charge on any atom is 0.329 e. The van der Waals surface area contributed by atoms with Gasteiger partial charge < -0.3 is 10.5 Å². The molecular weight excluding hydrogens is 352 g/mol. The first kappa shape index (κ1) is 18.4. The third kappa shape index (κ3) is 4.42. The summed E-state index contributed by atoms with van der Waals surface area (Å²) in [7, 11) is -3.91. The average molecular weight is 374 g/mol. The van der Waals surface area contributed by atoms with Gasteiger partial charge in [0, 0.05) is 5.69 Å². The van der Waals surface area contributed by atoms with Gasteiger partial charge in [0.1, 0.15) is 12.1 Å². The molecule has 1 fully saturated rings. The molecule has 1 atom stereocenters. The third-order valence-electron chi connectivity index (χ3n) is 4.42. The molecule has 1 saturated carbocycles. The summed E-state index contributed by atoms with van der Waals surface area (Å²) in [6.45, 7) is 0. The van der Waals surface area contributed by atoms with Crippen LogP contribution in [0.2, 0.25) is 0 Å². The monoisotopic (exact) mass is 374 g/mol. The van der Waals surface area contributed by atoms with Gasteiger partial charge in [0.15, 0.2) is 0 Å². The zero-order valence-electron chi connectivity index (χ0n) is 14.3. The lowest BCUT2D eigenvalue weighted by Crippen LogP contribution is -2.36. The molecule has 26 heavy (non-hydrogen) atoms. The number of nitrogens with two attached hydrogens (primary N) is 1. The van der Waals surface area contributed by atoms with Crippen LogP contribution in [0.15, 0.2) is 59.5 Å². The van der Waals surface area contributed by atoms with E-state index in [-0.39, 0.29) is 11.0 Å². The summed E-state index contributed by atoms with van der Waals surface area (Å²) in [6, 6.07) is 13.4. The standard InChI is InChI=1S/C19H22N2O4S/c20-15-10-12-17(13-11-15)26(23,24)21-18(14-6-2-1-3-7-14)19(22)25-16-8-4-5-9-16/h1-3,6-7,10-13,16,18,21H,4-5,8-9,20H2. The molecular formula is C19H22N2O4S. The lowest BCUT2D eigenvalue weighted by Gasteiger charge is -2.20. The molecule has 0 saturated heterocycles. The van der Waals surface area contributed by atoms with Gasteiger partial charge in [0.25, 0.3) is 0 Å². The Kier molecular flexibility index (Phi) is 5.58. The summed E-state index contributed by atoms with van der Waals surface area (Å²) < 4.78 is 33.4.